The Hall–Kier alpha value is -1.39. The van der Waals surface area contributed by atoms with Gasteiger partial charge < -0.3 is 10.0 Å². The summed E-state index contributed by atoms with van der Waals surface area (Å²) < 4.78 is 0. The first kappa shape index (κ1) is 17.4. The fraction of sp³-hybridized carbons (Fsp3) is 0.650. The summed E-state index contributed by atoms with van der Waals surface area (Å²) >= 11 is 0. The topological polar surface area (TPSA) is 43.8 Å². The Kier molecular flexibility index (Phi) is 5.90. The van der Waals surface area contributed by atoms with Crippen molar-refractivity contribution in [3.05, 3.63) is 35.9 Å². The lowest BCUT2D eigenvalue weighted by Gasteiger charge is -2.39. The van der Waals surface area contributed by atoms with Gasteiger partial charge in [-0.2, -0.15) is 0 Å². The monoisotopic (exact) mass is 330 g/mol. The molecule has 0 spiro atoms. The SMILES string of the molecule is CC(C(=O)N1CCC(Cc2ccccc2)CC1)N1CCCC(O)C1. The number of hydrogen-bond acceptors (Lipinski definition) is 3. The highest BCUT2D eigenvalue weighted by Crippen LogP contribution is 2.23. The smallest absolute Gasteiger partial charge is 0.239 e. The molecule has 2 heterocycles. The zero-order chi connectivity index (χ0) is 16.9. The van der Waals surface area contributed by atoms with E-state index in [1.54, 1.807) is 0 Å². The molecule has 2 aliphatic rings. The van der Waals surface area contributed by atoms with E-state index in [4.69, 9.17) is 0 Å². The molecule has 1 N–H and O–H groups in total. The Labute approximate surface area is 145 Å². The third kappa shape index (κ3) is 4.37. The average molecular weight is 330 g/mol. The van der Waals surface area contributed by atoms with E-state index >= 15 is 0 Å². The highest BCUT2D eigenvalue weighted by atomic mass is 16.3. The molecule has 0 bridgehead atoms. The maximum atomic E-state index is 12.8. The Morgan fingerprint density at radius 1 is 1.17 bits per heavy atom. The summed E-state index contributed by atoms with van der Waals surface area (Å²) in [6.07, 6.45) is 4.88. The third-order valence-electron chi connectivity index (χ3n) is 5.63. The van der Waals surface area contributed by atoms with Gasteiger partial charge in [0.15, 0.2) is 0 Å². The zero-order valence-corrected chi connectivity index (χ0v) is 14.7. The van der Waals surface area contributed by atoms with Gasteiger partial charge in [0.25, 0.3) is 0 Å². The molecular formula is C20H30N2O2. The average Bonchev–Trinajstić information content (AvgIpc) is 2.62. The first-order valence-corrected chi connectivity index (χ1v) is 9.38. The largest absolute Gasteiger partial charge is 0.392 e. The van der Waals surface area contributed by atoms with E-state index in [2.05, 4.69) is 35.2 Å². The Morgan fingerprint density at radius 3 is 2.54 bits per heavy atom. The quantitative estimate of drug-likeness (QED) is 0.921. The van der Waals surface area contributed by atoms with Crippen LogP contribution in [0.25, 0.3) is 0 Å². The van der Waals surface area contributed by atoms with Crippen LogP contribution in [-0.2, 0) is 11.2 Å². The summed E-state index contributed by atoms with van der Waals surface area (Å²) in [5.74, 6) is 0.922. The van der Waals surface area contributed by atoms with E-state index < -0.39 is 0 Å². The first-order valence-electron chi connectivity index (χ1n) is 9.38. The molecule has 1 aromatic rings. The number of rotatable bonds is 4. The molecule has 0 saturated carbocycles. The molecule has 4 heteroatoms. The van der Waals surface area contributed by atoms with Crippen LogP contribution < -0.4 is 0 Å². The van der Waals surface area contributed by atoms with E-state index in [1.807, 2.05) is 11.8 Å². The van der Waals surface area contributed by atoms with Crippen LogP contribution in [0.3, 0.4) is 0 Å². The minimum atomic E-state index is -0.273. The van der Waals surface area contributed by atoms with Crippen molar-refractivity contribution in [1.29, 1.82) is 0 Å². The maximum Gasteiger partial charge on any atom is 0.239 e. The fourth-order valence-corrected chi connectivity index (χ4v) is 4.06. The van der Waals surface area contributed by atoms with Crippen molar-refractivity contribution >= 4 is 5.91 Å². The number of hydrogen-bond donors (Lipinski definition) is 1. The van der Waals surface area contributed by atoms with Gasteiger partial charge in [-0.1, -0.05) is 30.3 Å². The molecule has 1 aromatic carbocycles. The normalized spacial score (nSPS) is 24.8. The summed E-state index contributed by atoms with van der Waals surface area (Å²) in [6, 6.07) is 10.5. The van der Waals surface area contributed by atoms with Crippen LogP contribution in [-0.4, -0.2) is 59.1 Å². The van der Waals surface area contributed by atoms with Crippen molar-refractivity contribution in [3.8, 4) is 0 Å². The van der Waals surface area contributed by atoms with Crippen LogP contribution in [0.15, 0.2) is 30.3 Å². The molecule has 24 heavy (non-hydrogen) atoms. The molecule has 0 aliphatic carbocycles. The van der Waals surface area contributed by atoms with E-state index in [9.17, 15) is 9.90 Å². The standard InChI is InChI=1S/C20H30N2O2/c1-16(22-11-5-8-19(23)15-22)20(24)21-12-9-18(10-13-21)14-17-6-3-2-4-7-17/h2-4,6-7,16,18-19,23H,5,8-15H2,1H3. The number of aliphatic hydroxyl groups is 1. The predicted octanol–water partition coefficient (Wildman–Crippen LogP) is 2.31. The van der Waals surface area contributed by atoms with Gasteiger partial charge >= 0.3 is 0 Å². The van der Waals surface area contributed by atoms with Crippen molar-refractivity contribution in [2.24, 2.45) is 5.92 Å². The van der Waals surface area contributed by atoms with Crippen LogP contribution in [0, 0.1) is 5.92 Å². The minimum Gasteiger partial charge on any atom is -0.392 e. The van der Waals surface area contributed by atoms with Gasteiger partial charge in [-0.15, -0.1) is 0 Å². The molecule has 0 aromatic heterocycles. The van der Waals surface area contributed by atoms with Gasteiger partial charge in [-0.25, -0.2) is 0 Å². The van der Waals surface area contributed by atoms with Crippen molar-refractivity contribution in [2.75, 3.05) is 26.2 Å². The van der Waals surface area contributed by atoms with E-state index in [0.29, 0.717) is 12.5 Å². The molecule has 2 unspecified atom stereocenters. The highest BCUT2D eigenvalue weighted by Gasteiger charge is 2.31. The lowest BCUT2D eigenvalue weighted by molar-refractivity contribution is -0.139. The fourth-order valence-electron chi connectivity index (χ4n) is 4.06. The van der Waals surface area contributed by atoms with Gasteiger partial charge in [-0.3, -0.25) is 9.69 Å². The Bertz CT molecular complexity index is 526. The van der Waals surface area contributed by atoms with Gasteiger partial charge in [0.05, 0.1) is 12.1 Å². The summed E-state index contributed by atoms with van der Waals surface area (Å²) in [6.45, 7) is 5.30. The summed E-state index contributed by atoms with van der Waals surface area (Å²) in [5, 5.41) is 9.83. The molecule has 2 fully saturated rings. The number of aliphatic hydroxyl groups excluding tert-OH is 1. The number of likely N-dealkylation sites (tertiary alicyclic amines) is 2. The predicted molar refractivity (Wildman–Crippen MR) is 95.7 cm³/mol. The summed E-state index contributed by atoms with van der Waals surface area (Å²) in [4.78, 5) is 17.0. The van der Waals surface area contributed by atoms with Crippen molar-refractivity contribution in [1.82, 2.24) is 9.80 Å². The number of carbonyl (C=O) groups is 1. The number of nitrogens with zero attached hydrogens (tertiary/aromatic N) is 2. The van der Waals surface area contributed by atoms with Crippen LogP contribution in [0.4, 0.5) is 0 Å². The number of carbonyl (C=O) groups excluding carboxylic acids is 1. The van der Waals surface area contributed by atoms with Crippen LogP contribution >= 0.6 is 0 Å². The van der Waals surface area contributed by atoms with Crippen molar-refractivity contribution in [2.45, 2.75) is 51.2 Å². The van der Waals surface area contributed by atoms with Crippen LogP contribution in [0.2, 0.25) is 0 Å². The van der Waals surface area contributed by atoms with Crippen molar-refractivity contribution in [3.63, 3.8) is 0 Å². The van der Waals surface area contributed by atoms with Gasteiger partial charge in [0, 0.05) is 19.6 Å². The Morgan fingerprint density at radius 2 is 1.88 bits per heavy atom. The second-order valence-corrected chi connectivity index (χ2v) is 7.43. The highest BCUT2D eigenvalue weighted by molar-refractivity contribution is 5.81. The van der Waals surface area contributed by atoms with Crippen molar-refractivity contribution < 1.29 is 9.90 Å². The first-order chi connectivity index (χ1) is 11.6. The minimum absolute atomic E-state index is 0.106. The van der Waals surface area contributed by atoms with Crippen LogP contribution in [0.1, 0.15) is 38.2 Å². The maximum absolute atomic E-state index is 12.8. The van der Waals surface area contributed by atoms with Crippen LogP contribution in [0.5, 0.6) is 0 Å². The Balaban J connectivity index is 1.48. The third-order valence-corrected chi connectivity index (χ3v) is 5.63. The van der Waals surface area contributed by atoms with E-state index in [-0.39, 0.29) is 18.1 Å². The molecule has 2 aliphatic heterocycles. The lowest BCUT2D eigenvalue weighted by Crippen LogP contribution is -2.52. The number of amides is 1. The molecule has 1 amide bonds. The molecule has 0 radical (unpaired) electrons. The lowest BCUT2D eigenvalue weighted by atomic mass is 9.90. The number of β-amino-alcohol motifs (C(OH)–C–C–N with tert-alkyl or cyclic N) is 1. The summed E-state index contributed by atoms with van der Waals surface area (Å²) in [5.41, 5.74) is 1.40. The second-order valence-electron chi connectivity index (χ2n) is 7.43. The number of piperidine rings is 2. The van der Waals surface area contributed by atoms with E-state index in [1.165, 1.54) is 5.56 Å². The number of benzene rings is 1. The molecular weight excluding hydrogens is 300 g/mol. The summed E-state index contributed by atoms with van der Waals surface area (Å²) in [7, 11) is 0. The second kappa shape index (κ2) is 8.13. The zero-order valence-electron chi connectivity index (χ0n) is 14.7. The van der Waals surface area contributed by atoms with Gasteiger partial charge in [0.2, 0.25) is 5.91 Å². The molecule has 3 rings (SSSR count). The molecule has 2 atom stereocenters. The van der Waals surface area contributed by atoms with E-state index in [0.717, 1.165) is 51.7 Å². The van der Waals surface area contributed by atoms with Gasteiger partial charge in [-0.05, 0) is 57.1 Å². The molecule has 4 nitrogen and oxygen atoms in total. The molecule has 2 saturated heterocycles. The molecule has 132 valence electrons. The van der Waals surface area contributed by atoms with Gasteiger partial charge in [0.1, 0.15) is 0 Å².